The molecule has 0 radical (unpaired) electrons. The minimum absolute atomic E-state index is 0.138. The van der Waals surface area contributed by atoms with E-state index in [4.69, 9.17) is 9.40 Å². The van der Waals surface area contributed by atoms with Gasteiger partial charge in [0.2, 0.25) is 5.91 Å². The number of fused-ring (bicyclic) bond motifs is 2. The van der Waals surface area contributed by atoms with Crippen LogP contribution in [0.4, 0.5) is 0 Å². The summed E-state index contributed by atoms with van der Waals surface area (Å²) < 4.78 is 8.17. The van der Waals surface area contributed by atoms with Gasteiger partial charge in [-0.15, -0.1) is 0 Å². The van der Waals surface area contributed by atoms with Crippen molar-refractivity contribution in [2.45, 2.75) is 31.6 Å². The summed E-state index contributed by atoms with van der Waals surface area (Å²) in [5, 5.41) is 0. The number of oxazole rings is 1. The van der Waals surface area contributed by atoms with Crippen LogP contribution in [0.1, 0.15) is 36.9 Å². The minimum atomic E-state index is 0.138. The van der Waals surface area contributed by atoms with E-state index in [9.17, 15) is 4.79 Å². The number of benzene rings is 3. The van der Waals surface area contributed by atoms with Gasteiger partial charge in [-0.3, -0.25) is 9.36 Å². The minimum Gasteiger partial charge on any atom is -0.440 e. The largest absolute Gasteiger partial charge is 0.440 e. The summed E-state index contributed by atoms with van der Waals surface area (Å²) in [6, 6.07) is 26.2. The van der Waals surface area contributed by atoms with Crippen LogP contribution >= 0.6 is 0 Å². The number of aromatic nitrogens is 3. The first-order valence-electron chi connectivity index (χ1n) is 11.9. The van der Waals surface area contributed by atoms with Crippen LogP contribution in [0, 0.1) is 0 Å². The summed E-state index contributed by atoms with van der Waals surface area (Å²) in [4.78, 5) is 24.7. The number of rotatable bonds is 5. The number of amides is 1. The van der Waals surface area contributed by atoms with Crippen molar-refractivity contribution in [1.82, 2.24) is 19.4 Å². The zero-order valence-corrected chi connectivity index (χ0v) is 18.9. The van der Waals surface area contributed by atoms with Crippen LogP contribution in [-0.2, 0) is 11.2 Å². The second-order valence-corrected chi connectivity index (χ2v) is 8.89. The lowest BCUT2D eigenvalue weighted by Crippen LogP contribution is -2.39. The first-order chi connectivity index (χ1) is 16.8. The number of likely N-dealkylation sites (tertiary alicyclic amines) is 1. The summed E-state index contributed by atoms with van der Waals surface area (Å²) >= 11 is 0. The lowest BCUT2D eigenvalue weighted by Gasteiger charge is -2.31. The highest BCUT2D eigenvalue weighted by Crippen LogP contribution is 2.29. The zero-order valence-electron chi connectivity index (χ0n) is 18.9. The Balaban J connectivity index is 1.20. The molecule has 6 rings (SSSR count). The van der Waals surface area contributed by atoms with Crippen molar-refractivity contribution in [2.75, 3.05) is 13.1 Å². The molecule has 0 spiro atoms. The van der Waals surface area contributed by atoms with Crippen molar-refractivity contribution >= 4 is 28.0 Å². The Labute approximate surface area is 197 Å². The van der Waals surface area contributed by atoms with E-state index in [1.165, 1.54) is 0 Å². The molecule has 34 heavy (non-hydrogen) atoms. The van der Waals surface area contributed by atoms with Gasteiger partial charge < -0.3 is 9.32 Å². The molecule has 0 aliphatic carbocycles. The second kappa shape index (κ2) is 8.78. The van der Waals surface area contributed by atoms with Gasteiger partial charge in [-0.25, -0.2) is 9.97 Å². The van der Waals surface area contributed by atoms with Crippen LogP contribution < -0.4 is 0 Å². The molecular formula is C28H26N4O2. The lowest BCUT2D eigenvalue weighted by atomic mass is 9.97. The molecule has 1 aliphatic rings. The second-order valence-electron chi connectivity index (χ2n) is 8.89. The van der Waals surface area contributed by atoms with Gasteiger partial charge in [0.05, 0.1) is 17.0 Å². The van der Waals surface area contributed by atoms with Gasteiger partial charge in [0.25, 0.3) is 0 Å². The van der Waals surface area contributed by atoms with Crippen LogP contribution in [0.15, 0.2) is 83.3 Å². The SMILES string of the molecule is O=C(CCc1nc2ccccc2n1-c1ccccc1)N1CCCC(c2nc3ccccc3o2)C1. The molecule has 0 N–H and O–H groups in total. The molecule has 170 valence electrons. The fourth-order valence-electron chi connectivity index (χ4n) is 4.96. The Morgan fingerprint density at radius 1 is 0.912 bits per heavy atom. The van der Waals surface area contributed by atoms with Crippen LogP contribution in [0.2, 0.25) is 0 Å². The van der Waals surface area contributed by atoms with Gasteiger partial charge in [0.1, 0.15) is 11.3 Å². The smallest absolute Gasteiger partial charge is 0.223 e. The van der Waals surface area contributed by atoms with Crippen LogP contribution in [0.3, 0.4) is 0 Å². The molecule has 0 saturated carbocycles. The van der Waals surface area contributed by atoms with Gasteiger partial charge in [-0.2, -0.15) is 0 Å². The summed E-state index contributed by atoms with van der Waals surface area (Å²) in [6.45, 7) is 1.44. The molecule has 5 aromatic rings. The average Bonchev–Trinajstić information content (AvgIpc) is 3.49. The number of carbonyl (C=O) groups is 1. The fraction of sp³-hybridized carbons (Fsp3) is 0.250. The van der Waals surface area contributed by atoms with E-state index in [2.05, 4.69) is 27.8 Å². The molecule has 3 aromatic carbocycles. The maximum Gasteiger partial charge on any atom is 0.223 e. The van der Waals surface area contributed by atoms with Gasteiger partial charge >= 0.3 is 0 Å². The number of piperidine rings is 1. The van der Waals surface area contributed by atoms with E-state index < -0.39 is 0 Å². The number of para-hydroxylation sites is 5. The molecule has 1 atom stereocenters. The number of hydrogen-bond donors (Lipinski definition) is 0. The maximum atomic E-state index is 13.2. The number of nitrogens with zero attached hydrogens (tertiary/aromatic N) is 4. The van der Waals surface area contributed by atoms with Crippen molar-refractivity contribution in [2.24, 2.45) is 0 Å². The predicted octanol–water partition coefficient (Wildman–Crippen LogP) is 5.51. The number of carbonyl (C=O) groups excluding carboxylic acids is 1. The zero-order chi connectivity index (χ0) is 22.9. The third-order valence-corrected chi connectivity index (χ3v) is 6.64. The normalized spacial score (nSPS) is 16.4. The van der Waals surface area contributed by atoms with E-state index in [1.807, 2.05) is 65.6 Å². The van der Waals surface area contributed by atoms with Crippen molar-refractivity contribution < 1.29 is 9.21 Å². The van der Waals surface area contributed by atoms with E-state index in [0.717, 1.165) is 58.9 Å². The standard InChI is InChI=1S/C28H26N4O2/c33-27(31-18-8-9-20(19-31)28-30-23-13-5-7-15-25(23)34-28)17-16-26-29-22-12-4-6-14-24(22)32(26)21-10-2-1-3-11-21/h1-7,10-15,20H,8-9,16-19H2. The average molecular weight is 451 g/mol. The monoisotopic (exact) mass is 450 g/mol. The van der Waals surface area contributed by atoms with Crippen molar-refractivity contribution in [3.63, 3.8) is 0 Å². The molecule has 1 saturated heterocycles. The predicted molar refractivity (Wildman–Crippen MR) is 132 cm³/mol. The van der Waals surface area contributed by atoms with Crippen LogP contribution in [0.5, 0.6) is 0 Å². The Kier molecular flexibility index (Phi) is 5.34. The highest BCUT2D eigenvalue weighted by atomic mass is 16.3. The van der Waals surface area contributed by atoms with Crippen molar-refractivity contribution in [3.05, 3.63) is 90.6 Å². The topological polar surface area (TPSA) is 64.2 Å². The lowest BCUT2D eigenvalue weighted by molar-refractivity contribution is -0.132. The van der Waals surface area contributed by atoms with E-state index in [-0.39, 0.29) is 11.8 Å². The van der Waals surface area contributed by atoms with Crippen molar-refractivity contribution in [3.8, 4) is 5.69 Å². The maximum absolute atomic E-state index is 13.2. The molecule has 3 heterocycles. The Morgan fingerprint density at radius 3 is 2.53 bits per heavy atom. The van der Waals surface area contributed by atoms with E-state index in [0.29, 0.717) is 19.4 Å². The molecule has 2 aromatic heterocycles. The molecule has 1 fully saturated rings. The number of aryl methyl sites for hydroxylation is 1. The molecule has 6 nitrogen and oxygen atoms in total. The van der Waals surface area contributed by atoms with E-state index >= 15 is 0 Å². The van der Waals surface area contributed by atoms with Gasteiger partial charge in [-0.05, 0) is 49.2 Å². The third-order valence-electron chi connectivity index (χ3n) is 6.64. The number of imidazole rings is 1. The van der Waals surface area contributed by atoms with Crippen LogP contribution in [-0.4, -0.2) is 38.4 Å². The Morgan fingerprint density at radius 2 is 1.68 bits per heavy atom. The highest BCUT2D eigenvalue weighted by molar-refractivity contribution is 5.79. The molecule has 1 aliphatic heterocycles. The summed E-state index contributed by atoms with van der Waals surface area (Å²) in [6.07, 6.45) is 2.96. The van der Waals surface area contributed by atoms with Crippen LogP contribution in [0.25, 0.3) is 27.8 Å². The van der Waals surface area contributed by atoms with Gasteiger partial charge in [0.15, 0.2) is 11.5 Å². The summed E-state index contributed by atoms with van der Waals surface area (Å²) in [5.74, 6) is 1.95. The van der Waals surface area contributed by atoms with Gasteiger partial charge in [0, 0.05) is 31.6 Å². The fourth-order valence-corrected chi connectivity index (χ4v) is 4.96. The molecule has 1 unspecified atom stereocenters. The van der Waals surface area contributed by atoms with E-state index in [1.54, 1.807) is 0 Å². The first-order valence-corrected chi connectivity index (χ1v) is 11.9. The summed E-state index contributed by atoms with van der Waals surface area (Å²) in [7, 11) is 0. The Hall–Kier alpha value is -3.93. The first kappa shape index (κ1) is 20.7. The molecule has 0 bridgehead atoms. The molecular weight excluding hydrogens is 424 g/mol. The quantitative estimate of drug-likeness (QED) is 0.354. The van der Waals surface area contributed by atoms with Gasteiger partial charge in [-0.1, -0.05) is 42.5 Å². The number of hydrogen-bond acceptors (Lipinski definition) is 4. The molecule has 6 heteroatoms. The van der Waals surface area contributed by atoms with Crippen molar-refractivity contribution in [1.29, 1.82) is 0 Å². The summed E-state index contributed by atoms with van der Waals surface area (Å²) in [5.41, 5.74) is 4.75. The Bertz CT molecular complexity index is 1420. The third kappa shape index (κ3) is 3.85. The molecule has 1 amide bonds. The highest BCUT2D eigenvalue weighted by Gasteiger charge is 2.28.